The highest BCUT2D eigenvalue weighted by Gasteiger charge is 2.04. The van der Waals surface area contributed by atoms with Crippen LogP contribution in [-0.2, 0) is 10.0 Å². The molecular formula is C8H12N2O3S. The van der Waals surface area contributed by atoms with Crippen LogP contribution >= 0.6 is 0 Å². The number of ether oxygens (including phenoxy) is 1. The van der Waals surface area contributed by atoms with Gasteiger partial charge < -0.3 is 10.5 Å². The van der Waals surface area contributed by atoms with Crippen molar-refractivity contribution in [1.29, 1.82) is 0 Å². The molecule has 0 amide bonds. The maximum atomic E-state index is 10.6. The van der Waals surface area contributed by atoms with Gasteiger partial charge in [-0.15, -0.1) is 0 Å². The molecule has 6 heteroatoms. The molecule has 4 N–H and O–H groups in total. The summed E-state index contributed by atoms with van der Waals surface area (Å²) in [4.78, 5) is 0. The first-order valence-electron chi connectivity index (χ1n) is 3.97. The fourth-order valence-corrected chi connectivity index (χ4v) is 1.20. The van der Waals surface area contributed by atoms with E-state index >= 15 is 0 Å². The third-order valence-corrected chi connectivity index (χ3v) is 2.28. The molecule has 1 aromatic carbocycles. The van der Waals surface area contributed by atoms with Crippen LogP contribution in [0.15, 0.2) is 24.3 Å². The molecular weight excluding hydrogens is 204 g/mol. The minimum absolute atomic E-state index is 0.00699. The molecule has 0 heterocycles. The molecule has 0 aliphatic carbocycles. The lowest BCUT2D eigenvalue weighted by Gasteiger charge is -2.06. The molecule has 0 atom stereocenters. The highest BCUT2D eigenvalue weighted by atomic mass is 32.2. The second kappa shape index (κ2) is 4.30. The van der Waals surface area contributed by atoms with E-state index in [0.29, 0.717) is 11.4 Å². The summed E-state index contributed by atoms with van der Waals surface area (Å²) in [6.07, 6.45) is 0. The molecule has 0 radical (unpaired) electrons. The first kappa shape index (κ1) is 10.8. The van der Waals surface area contributed by atoms with E-state index in [2.05, 4.69) is 0 Å². The maximum absolute atomic E-state index is 10.6. The van der Waals surface area contributed by atoms with E-state index in [1.54, 1.807) is 24.3 Å². The van der Waals surface area contributed by atoms with E-state index in [1.165, 1.54) is 0 Å². The molecule has 0 aliphatic heterocycles. The lowest BCUT2D eigenvalue weighted by molar-refractivity contribution is 0.342. The average molecular weight is 216 g/mol. The van der Waals surface area contributed by atoms with Gasteiger partial charge in [0.05, 0.1) is 11.4 Å². The zero-order chi connectivity index (χ0) is 10.6. The lowest BCUT2D eigenvalue weighted by atomic mass is 10.3. The molecule has 0 spiro atoms. The van der Waals surface area contributed by atoms with Gasteiger partial charge in [-0.1, -0.05) is 12.1 Å². The SMILES string of the molecule is Nc1ccccc1OCCS(N)(=O)=O. The Morgan fingerprint density at radius 3 is 2.50 bits per heavy atom. The standard InChI is InChI=1S/C8H12N2O3S/c9-7-3-1-2-4-8(7)13-5-6-14(10,11)12/h1-4H,5-6,9H2,(H2,10,11,12). The Balaban J connectivity index is 2.51. The Labute approximate surface area is 82.7 Å². The predicted molar refractivity (Wildman–Crippen MR) is 54.3 cm³/mol. The number of nitrogens with two attached hydrogens (primary N) is 2. The fourth-order valence-electron chi connectivity index (χ4n) is 0.880. The van der Waals surface area contributed by atoms with Crippen molar-refractivity contribution in [3.05, 3.63) is 24.3 Å². The smallest absolute Gasteiger partial charge is 0.212 e. The highest BCUT2D eigenvalue weighted by Crippen LogP contribution is 2.19. The Morgan fingerprint density at radius 2 is 1.93 bits per heavy atom. The molecule has 14 heavy (non-hydrogen) atoms. The molecule has 0 saturated carbocycles. The number of benzene rings is 1. The van der Waals surface area contributed by atoms with E-state index in [1.807, 2.05) is 0 Å². The van der Waals surface area contributed by atoms with Crippen LogP contribution in [0.4, 0.5) is 5.69 Å². The van der Waals surface area contributed by atoms with Crippen molar-refractivity contribution in [2.75, 3.05) is 18.1 Å². The number of rotatable bonds is 4. The number of hydrogen-bond acceptors (Lipinski definition) is 4. The van der Waals surface area contributed by atoms with E-state index in [0.717, 1.165) is 0 Å². The van der Waals surface area contributed by atoms with Crippen LogP contribution in [0.1, 0.15) is 0 Å². The monoisotopic (exact) mass is 216 g/mol. The van der Waals surface area contributed by atoms with Crippen molar-refractivity contribution >= 4 is 15.7 Å². The van der Waals surface area contributed by atoms with Gasteiger partial charge in [-0.2, -0.15) is 0 Å². The first-order valence-corrected chi connectivity index (χ1v) is 5.68. The Hall–Kier alpha value is -1.27. The fraction of sp³-hybridized carbons (Fsp3) is 0.250. The van der Waals surface area contributed by atoms with Gasteiger partial charge in [-0.3, -0.25) is 0 Å². The summed E-state index contributed by atoms with van der Waals surface area (Å²) in [5.74, 6) is 0.248. The van der Waals surface area contributed by atoms with Crippen LogP contribution in [0.2, 0.25) is 0 Å². The van der Waals surface area contributed by atoms with E-state index in [4.69, 9.17) is 15.6 Å². The predicted octanol–water partition coefficient (Wildman–Crippen LogP) is -0.0639. The number of hydrogen-bond donors (Lipinski definition) is 2. The largest absolute Gasteiger partial charge is 0.490 e. The van der Waals surface area contributed by atoms with Crippen molar-refractivity contribution in [2.45, 2.75) is 0 Å². The van der Waals surface area contributed by atoms with Crippen LogP contribution in [0, 0.1) is 0 Å². The number of anilines is 1. The average Bonchev–Trinajstić information content (AvgIpc) is 2.06. The molecule has 1 aromatic rings. The normalized spacial score (nSPS) is 11.2. The van der Waals surface area contributed by atoms with Crippen molar-refractivity contribution < 1.29 is 13.2 Å². The zero-order valence-corrected chi connectivity index (χ0v) is 8.33. The number of primary sulfonamides is 1. The molecule has 0 bridgehead atoms. The van der Waals surface area contributed by atoms with E-state index in [9.17, 15) is 8.42 Å². The third-order valence-electron chi connectivity index (χ3n) is 1.54. The summed E-state index contributed by atoms with van der Waals surface area (Å²) in [5.41, 5.74) is 6.04. The summed E-state index contributed by atoms with van der Waals surface area (Å²) in [7, 11) is -3.47. The topological polar surface area (TPSA) is 95.4 Å². The Kier molecular flexibility index (Phi) is 3.32. The summed E-state index contributed by atoms with van der Waals surface area (Å²) in [6, 6.07) is 6.86. The van der Waals surface area contributed by atoms with Gasteiger partial charge in [0, 0.05) is 0 Å². The van der Waals surface area contributed by atoms with Crippen LogP contribution in [-0.4, -0.2) is 20.8 Å². The summed E-state index contributed by atoms with van der Waals surface area (Å²) in [6.45, 7) is 0.00699. The minimum Gasteiger partial charge on any atom is -0.490 e. The Bertz CT molecular complexity index is 403. The molecule has 1 rings (SSSR count). The lowest BCUT2D eigenvalue weighted by Crippen LogP contribution is -2.21. The molecule has 0 unspecified atom stereocenters. The van der Waals surface area contributed by atoms with Gasteiger partial charge in [-0.05, 0) is 12.1 Å². The second-order valence-corrected chi connectivity index (χ2v) is 4.49. The van der Waals surface area contributed by atoms with Crippen LogP contribution in [0.5, 0.6) is 5.75 Å². The van der Waals surface area contributed by atoms with Crippen LogP contribution in [0.3, 0.4) is 0 Å². The molecule has 0 fully saturated rings. The summed E-state index contributed by atoms with van der Waals surface area (Å²) < 4.78 is 26.3. The van der Waals surface area contributed by atoms with Crippen molar-refractivity contribution in [1.82, 2.24) is 0 Å². The van der Waals surface area contributed by atoms with Gasteiger partial charge in [0.25, 0.3) is 0 Å². The van der Waals surface area contributed by atoms with Gasteiger partial charge in [0.1, 0.15) is 12.4 Å². The second-order valence-electron chi connectivity index (χ2n) is 2.75. The van der Waals surface area contributed by atoms with Gasteiger partial charge in [-0.25, -0.2) is 13.6 Å². The summed E-state index contributed by atoms with van der Waals surface area (Å²) >= 11 is 0. The molecule has 0 aromatic heterocycles. The van der Waals surface area contributed by atoms with Crippen molar-refractivity contribution in [2.24, 2.45) is 5.14 Å². The quantitative estimate of drug-likeness (QED) is 0.689. The number of nitrogen functional groups attached to an aromatic ring is 1. The molecule has 78 valence electrons. The van der Waals surface area contributed by atoms with Gasteiger partial charge in [0.15, 0.2) is 0 Å². The first-order chi connectivity index (χ1) is 6.49. The van der Waals surface area contributed by atoms with Crippen LogP contribution in [0.25, 0.3) is 0 Å². The molecule has 5 nitrogen and oxygen atoms in total. The van der Waals surface area contributed by atoms with Crippen LogP contribution < -0.4 is 15.6 Å². The Morgan fingerprint density at radius 1 is 1.29 bits per heavy atom. The maximum Gasteiger partial charge on any atom is 0.212 e. The number of para-hydroxylation sites is 2. The van der Waals surface area contributed by atoms with E-state index in [-0.39, 0.29) is 12.4 Å². The summed E-state index contributed by atoms with van der Waals surface area (Å²) in [5, 5.41) is 4.80. The van der Waals surface area contributed by atoms with Gasteiger partial charge in [0.2, 0.25) is 10.0 Å². The zero-order valence-electron chi connectivity index (χ0n) is 7.51. The van der Waals surface area contributed by atoms with Crippen molar-refractivity contribution in [3.8, 4) is 5.75 Å². The molecule has 0 aliphatic rings. The molecule has 0 saturated heterocycles. The van der Waals surface area contributed by atoms with Gasteiger partial charge >= 0.3 is 0 Å². The third kappa shape index (κ3) is 3.63. The minimum atomic E-state index is -3.47. The van der Waals surface area contributed by atoms with E-state index < -0.39 is 10.0 Å². The highest BCUT2D eigenvalue weighted by molar-refractivity contribution is 7.89. The van der Waals surface area contributed by atoms with Crippen molar-refractivity contribution in [3.63, 3.8) is 0 Å². The number of sulfonamides is 1.